The zero-order chi connectivity index (χ0) is 20.4. The van der Waals surface area contributed by atoms with Gasteiger partial charge in [-0.2, -0.15) is 0 Å². The second-order valence-corrected chi connectivity index (χ2v) is 6.71. The standard InChI is InChI=1S/C21H18F2N2O4/c22-16-3-1-2-13(20(16)23)12-19(26)24-15-4-5-17-14(10-15)11-18(29-17)21(27)25-6-8-28-9-7-25/h1-5,10-11H,6-9,12H2,(H,24,26). The number of rotatable bonds is 4. The molecule has 0 radical (unpaired) electrons. The molecule has 1 aliphatic heterocycles. The van der Waals surface area contributed by atoms with Crippen LogP contribution in [0.25, 0.3) is 11.0 Å². The number of benzene rings is 2. The summed E-state index contributed by atoms with van der Waals surface area (Å²) in [4.78, 5) is 26.4. The summed E-state index contributed by atoms with van der Waals surface area (Å²) in [5.74, 6) is -2.50. The molecule has 2 heterocycles. The molecule has 29 heavy (non-hydrogen) atoms. The monoisotopic (exact) mass is 400 g/mol. The number of hydrogen-bond donors (Lipinski definition) is 1. The van der Waals surface area contributed by atoms with Crippen molar-refractivity contribution < 1.29 is 27.5 Å². The molecule has 3 aromatic rings. The summed E-state index contributed by atoms with van der Waals surface area (Å²) in [6.07, 6.45) is -0.298. The molecule has 1 aliphatic rings. The lowest BCUT2D eigenvalue weighted by Crippen LogP contribution is -2.40. The lowest BCUT2D eigenvalue weighted by molar-refractivity contribution is -0.115. The van der Waals surface area contributed by atoms with Gasteiger partial charge in [0.2, 0.25) is 5.91 Å². The fourth-order valence-corrected chi connectivity index (χ4v) is 3.21. The number of ether oxygens (including phenoxy) is 1. The summed E-state index contributed by atoms with van der Waals surface area (Å²) in [5.41, 5.74) is 0.951. The first-order valence-electron chi connectivity index (χ1n) is 9.14. The number of halogens is 2. The third kappa shape index (κ3) is 4.12. The summed E-state index contributed by atoms with van der Waals surface area (Å²) < 4.78 is 37.9. The Labute approximate surface area is 165 Å². The molecule has 0 bridgehead atoms. The number of carbonyl (C=O) groups is 2. The third-order valence-corrected chi connectivity index (χ3v) is 4.69. The number of anilines is 1. The SMILES string of the molecule is O=C(Cc1cccc(F)c1F)Nc1ccc2oc(C(=O)N3CCOCC3)cc2c1. The molecular formula is C21H18F2N2O4. The highest BCUT2D eigenvalue weighted by molar-refractivity contribution is 5.98. The van der Waals surface area contributed by atoms with E-state index in [-0.39, 0.29) is 23.7 Å². The van der Waals surface area contributed by atoms with Gasteiger partial charge < -0.3 is 19.4 Å². The zero-order valence-corrected chi connectivity index (χ0v) is 15.4. The zero-order valence-electron chi connectivity index (χ0n) is 15.4. The van der Waals surface area contributed by atoms with Crippen LogP contribution in [-0.4, -0.2) is 43.0 Å². The molecule has 0 aliphatic carbocycles. The highest BCUT2D eigenvalue weighted by atomic mass is 19.2. The van der Waals surface area contributed by atoms with Crippen molar-refractivity contribution in [3.63, 3.8) is 0 Å². The molecule has 0 atom stereocenters. The van der Waals surface area contributed by atoms with Crippen molar-refractivity contribution in [2.24, 2.45) is 0 Å². The fourth-order valence-electron chi connectivity index (χ4n) is 3.21. The number of nitrogens with one attached hydrogen (secondary N) is 1. The average Bonchev–Trinajstić information content (AvgIpc) is 3.15. The van der Waals surface area contributed by atoms with Gasteiger partial charge in [0.1, 0.15) is 5.58 Å². The molecule has 8 heteroatoms. The van der Waals surface area contributed by atoms with E-state index in [2.05, 4.69) is 5.32 Å². The van der Waals surface area contributed by atoms with E-state index in [9.17, 15) is 18.4 Å². The smallest absolute Gasteiger partial charge is 0.289 e. The Balaban J connectivity index is 1.48. The van der Waals surface area contributed by atoms with Gasteiger partial charge in [-0.15, -0.1) is 0 Å². The molecule has 1 N–H and O–H groups in total. The van der Waals surface area contributed by atoms with Crippen molar-refractivity contribution in [1.29, 1.82) is 0 Å². The van der Waals surface area contributed by atoms with Crippen LogP contribution in [0.3, 0.4) is 0 Å². The first-order valence-corrected chi connectivity index (χ1v) is 9.14. The quantitative estimate of drug-likeness (QED) is 0.729. The van der Waals surface area contributed by atoms with Gasteiger partial charge in [0.05, 0.1) is 19.6 Å². The summed E-state index contributed by atoms with van der Waals surface area (Å²) in [6.45, 7) is 2.00. The molecule has 1 fully saturated rings. The topological polar surface area (TPSA) is 71.8 Å². The maximum Gasteiger partial charge on any atom is 0.289 e. The highest BCUT2D eigenvalue weighted by Crippen LogP contribution is 2.24. The van der Waals surface area contributed by atoms with Crippen LogP contribution in [0.1, 0.15) is 16.1 Å². The first-order chi connectivity index (χ1) is 14.0. The molecular weight excluding hydrogens is 382 g/mol. The van der Waals surface area contributed by atoms with Crippen molar-refractivity contribution in [2.45, 2.75) is 6.42 Å². The van der Waals surface area contributed by atoms with E-state index >= 15 is 0 Å². The van der Waals surface area contributed by atoms with Crippen LogP contribution in [0, 0.1) is 11.6 Å². The van der Waals surface area contributed by atoms with Gasteiger partial charge in [0.25, 0.3) is 5.91 Å². The molecule has 4 rings (SSSR count). The number of hydrogen-bond acceptors (Lipinski definition) is 4. The van der Waals surface area contributed by atoms with Gasteiger partial charge in [-0.3, -0.25) is 9.59 Å². The highest BCUT2D eigenvalue weighted by Gasteiger charge is 2.22. The first kappa shape index (κ1) is 19.1. The predicted octanol–water partition coefficient (Wildman–Crippen LogP) is 3.36. The van der Waals surface area contributed by atoms with Crippen molar-refractivity contribution in [3.05, 3.63) is 65.4 Å². The van der Waals surface area contributed by atoms with Crippen molar-refractivity contribution in [3.8, 4) is 0 Å². The largest absolute Gasteiger partial charge is 0.451 e. The van der Waals surface area contributed by atoms with E-state index in [4.69, 9.17) is 9.15 Å². The summed E-state index contributed by atoms with van der Waals surface area (Å²) >= 11 is 0. The number of nitrogens with zero attached hydrogens (tertiary/aromatic N) is 1. The lowest BCUT2D eigenvalue weighted by Gasteiger charge is -2.25. The number of furan rings is 1. The summed E-state index contributed by atoms with van der Waals surface area (Å²) in [6, 6.07) is 10.3. The summed E-state index contributed by atoms with van der Waals surface area (Å²) in [7, 11) is 0. The Kier molecular flexibility index (Phi) is 5.26. The van der Waals surface area contributed by atoms with E-state index in [1.165, 1.54) is 12.1 Å². The molecule has 6 nitrogen and oxygen atoms in total. The van der Waals surface area contributed by atoms with Crippen LogP contribution >= 0.6 is 0 Å². The van der Waals surface area contributed by atoms with Crippen LogP contribution in [-0.2, 0) is 16.0 Å². The number of fused-ring (bicyclic) bond motifs is 1. The van der Waals surface area contributed by atoms with Crippen molar-refractivity contribution >= 4 is 28.5 Å². The van der Waals surface area contributed by atoms with E-state index in [1.807, 2.05) is 0 Å². The molecule has 1 aromatic heterocycles. The van der Waals surface area contributed by atoms with Crippen LogP contribution < -0.4 is 5.32 Å². The minimum atomic E-state index is -1.03. The van der Waals surface area contributed by atoms with E-state index < -0.39 is 17.5 Å². The van der Waals surface area contributed by atoms with Crippen molar-refractivity contribution in [2.75, 3.05) is 31.6 Å². The van der Waals surface area contributed by atoms with Gasteiger partial charge in [0, 0.05) is 29.7 Å². The Hall–Kier alpha value is -3.26. The lowest BCUT2D eigenvalue weighted by atomic mass is 10.1. The van der Waals surface area contributed by atoms with E-state index in [0.717, 1.165) is 6.07 Å². The van der Waals surface area contributed by atoms with E-state index in [0.29, 0.717) is 43.0 Å². The second kappa shape index (κ2) is 8.00. The number of morpholine rings is 1. The molecule has 0 spiro atoms. The Morgan fingerprint density at radius 1 is 1.07 bits per heavy atom. The van der Waals surface area contributed by atoms with Crippen LogP contribution in [0.5, 0.6) is 0 Å². The molecule has 150 valence electrons. The molecule has 0 unspecified atom stereocenters. The average molecular weight is 400 g/mol. The molecule has 2 aromatic carbocycles. The fraction of sp³-hybridized carbons (Fsp3) is 0.238. The normalized spacial score (nSPS) is 14.2. The van der Waals surface area contributed by atoms with Crippen LogP contribution in [0.2, 0.25) is 0 Å². The number of carbonyl (C=O) groups excluding carboxylic acids is 2. The minimum absolute atomic E-state index is 0.0229. The molecule has 1 saturated heterocycles. The Morgan fingerprint density at radius 3 is 2.66 bits per heavy atom. The van der Waals surface area contributed by atoms with Gasteiger partial charge in [-0.1, -0.05) is 12.1 Å². The van der Waals surface area contributed by atoms with Crippen LogP contribution in [0.4, 0.5) is 14.5 Å². The minimum Gasteiger partial charge on any atom is -0.451 e. The predicted molar refractivity (Wildman–Crippen MR) is 102 cm³/mol. The van der Waals surface area contributed by atoms with Gasteiger partial charge in [0.15, 0.2) is 17.4 Å². The summed E-state index contributed by atoms with van der Waals surface area (Å²) in [5, 5.41) is 3.30. The second-order valence-electron chi connectivity index (χ2n) is 6.71. The third-order valence-electron chi connectivity index (χ3n) is 4.69. The van der Waals surface area contributed by atoms with Crippen molar-refractivity contribution in [1.82, 2.24) is 4.90 Å². The van der Waals surface area contributed by atoms with E-state index in [1.54, 1.807) is 29.2 Å². The van der Waals surface area contributed by atoms with Crippen LogP contribution in [0.15, 0.2) is 46.9 Å². The number of amides is 2. The van der Waals surface area contributed by atoms with Gasteiger partial charge in [-0.05, 0) is 30.3 Å². The maximum absolute atomic E-state index is 13.7. The maximum atomic E-state index is 13.7. The molecule has 2 amide bonds. The Morgan fingerprint density at radius 2 is 1.86 bits per heavy atom. The van der Waals surface area contributed by atoms with Gasteiger partial charge >= 0.3 is 0 Å². The Bertz CT molecular complexity index is 1070. The van der Waals surface area contributed by atoms with Gasteiger partial charge in [-0.25, -0.2) is 8.78 Å². The molecule has 0 saturated carbocycles.